The van der Waals surface area contributed by atoms with E-state index in [2.05, 4.69) is 9.72 Å². The highest BCUT2D eigenvalue weighted by atomic mass is 19.4. The van der Waals surface area contributed by atoms with E-state index in [9.17, 15) is 18.0 Å². The van der Waals surface area contributed by atoms with Gasteiger partial charge < -0.3 is 19.6 Å². The lowest BCUT2D eigenvalue weighted by Gasteiger charge is -2.21. The third-order valence-electron chi connectivity index (χ3n) is 4.04. The van der Waals surface area contributed by atoms with Crippen molar-refractivity contribution in [3.05, 3.63) is 18.3 Å². The maximum atomic E-state index is 12.1. The fraction of sp³-hybridized carbons (Fsp3) is 0.538. The zero-order valence-corrected chi connectivity index (χ0v) is 11.5. The minimum Gasteiger partial charge on any atom is -0.465 e. The number of nitrogens with zero attached hydrogens (tertiary/aromatic N) is 3. The van der Waals surface area contributed by atoms with Crippen LogP contribution in [0.25, 0.3) is 0 Å². The number of carbonyl (C=O) groups is 1. The minimum absolute atomic E-state index is 0.240. The molecule has 2 aliphatic heterocycles. The summed E-state index contributed by atoms with van der Waals surface area (Å²) in [5.41, 5.74) is 0. The highest BCUT2D eigenvalue weighted by Crippen LogP contribution is 2.33. The van der Waals surface area contributed by atoms with Gasteiger partial charge in [-0.1, -0.05) is 0 Å². The SMILES string of the molecule is O=C(O)N1C[C@H]2CN(c3ccc(OC(F)(F)F)cn3)C[C@@H]2C1. The van der Waals surface area contributed by atoms with Gasteiger partial charge in [0.25, 0.3) is 0 Å². The molecule has 0 saturated carbocycles. The molecule has 0 unspecified atom stereocenters. The molecule has 0 aliphatic carbocycles. The quantitative estimate of drug-likeness (QED) is 0.904. The summed E-state index contributed by atoms with van der Waals surface area (Å²) in [6, 6.07) is 2.71. The Morgan fingerprint density at radius 2 is 1.86 bits per heavy atom. The van der Waals surface area contributed by atoms with Crippen molar-refractivity contribution < 1.29 is 27.8 Å². The van der Waals surface area contributed by atoms with Crippen LogP contribution in [-0.2, 0) is 0 Å². The molecule has 0 bridgehead atoms. The van der Waals surface area contributed by atoms with Gasteiger partial charge in [-0.25, -0.2) is 9.78 Å². The van der Waals surface area contributed by atoms with Crippen molar-refractivity contribution in [2.45, 2.75) is 6.36 Å². The number of anilines is 1. The number of amides is 1. The summed E-state index contributed by atoms with van der Waals surface area (Å²) in [5.74, 6) is 0.700. The fourth-order valence-electron chi connectivity index (χ4n) is 3.09. The van der Waals surface area contributed by atoms with Crippen molar-refractivity contribution in [2.24, 2.45) is 11.8 Å². The van der Waals surface area contributed by atoms with E-state index in [0.29, 0.717) is 32.0 Å². The number of halogens is 3. The number of likely N-dealkylation sites (tertiary alicyclic amines) is 1. The van der Waals surface area contributed by atoms with Gasteiger partial charge in [0.2, 0.25) is 0 Å². The third kappa shape index (κ3) is 3.02. The van der Waals surface area contributed by atoms with E-state index in [0.717, 1.165) is 6.20 Å². The van der Waals surface area contributed by atoms with Crippen LogP contribution in [0.15, 0.2) is 18.3 Å². The van der Waals surface area contributed by atoms with E-state index in [1.807, 2.05) is 4.90 Å². The minimum atomic E-state index is -4.73. The first kappa shape index (κ1) is 14.7. The number of alkyl halides is 3. The van der Waals surface area contributed by atoms with Crippen LogP contribution in [0.3, 0.4) is 0 Å². The van der Waals surface area contributed by atoms with Crippen LogP contribution >= 0.6 is 0 Å². The molecule has 2 fully saturated rings. The van der Waals surface area contributed by atoms with Crippen LogP contribution in [0.5, 0.6) is 5.75 Å². The van der Waals surface area contributed by atoms with E-state index < -0.39 is 12.5 Å². The average molecular weight is 317 g/mol. The van der Waals surface area contributed by atoms with Crippen LogP contribution in [0.1, 0.15) is 0 Å². The number of hydrogen-bond donors (Lipinski definition) is 1. The number of aromatic nitrogens is 1. The molecular formula is C13H14F3N3O3. The summed E-state index contributed by atoms with van der Waals surface area (Å²) in [6.07, 6.45) is -4.60. The number of ether oxygens (including phenoxy) is 1. The van der Waals surface area contributed by atoms with E-state index in [4.69, 9.17) is 5.11 Å². The molecule has 2 aliphatic rings. The Kier molecular flexibility index (Phi) is 3.50. The van der Waals surface area contributed by atoms with Crippen LogP contribution < -0.4 is 9.64 Å². The van der Waals surface area contributed by atoms with Gasteiger partial charge in [0.05, 0.1) is 6.20 Å². The van der Waals surface area contributed by atoms with Gasteiger partial charge in [-0.2, -0.15) is 0 Å². The molecular weight excluding hydrogens is 303 g/mol. The van der Waals surface area contributed by atoms with Gasteiger partial charge in [0.15, 0.2) is 0 Å². The van der Waals surface area contributed by atoms with Gasteiger partial charge in [-0.05, 0) is 12.1 Å². The second kappa shape index (κ2) is 5.22. The van der Waals surface area contributed by atoms with Crippen LogP contribution in [0.4, 0.5) is 23.8 Å². The van der Waals surface area contributed by atoms with Crippen molar-refractivity contribution in [1.82, 2.24) is 9.88 Å². The summed E-state index contributed by atoms with van der Waals surface area (Å²) < 4.78 is 40.0. The highest BCUT2D eigenvalue weighted by Gasteiger charge is 2.42. The largest absolute Gasteiger partial charge is 0.573 e. The zero-order valence-electron chi connectivity index (χ0n) is 11.5. The first-order chi connectivity index (χ1) is 10.3. The van der Waals surface area contributed by atoms with Gasteiger partial charge in [0.1, 0.15) is 11.6 Å². The first-order valence-corrected chi connectivity index (χ1v) is 6.76. The lowest BCUT2D eigenvalue weighted by molar-refractivity contribution is -0.274. The second-order valence-electron chi connectivity index (χ2n) is 5.51. The zero-order chi connectivity index (χ0) is 15.9. The molecule has 3 rings (SSSR count). The molecule has 1 aromatic heterocycles. The Morgan fingerprint density at radius 1 is 1.23 bits per heavy atom. The van der Waals surface area contributed by atoms with E-state index >= 15 is 0 Å². The van der Waals surface area contributed by atoms with Gasteiger partial charge >= 0.3 is 12.5 Å². The fourth-order valence-corrected chi connectivity index (χ4v) is 3.09. The maximum absolute atomic E-state index is 12.1. The molecule has 1 aromatic rings. The summed E-state index contributed by atoms with van der Waals surface area (Å²) >= 11 is 0. The van der Waals surface area contributed by atoms with Crippen molar-refractivity contribution in [3.63, 3.8) is 0 Å². The molecule has 3 heterocycles. The van der Waals surface area contributed by atoms with Crippen molar-refractivity contribution in [3.8, 4) is 5.75 Å². The number of carboxylic acid groups (broad SMARTS) is 1. The second-order valence-corrected chi connectivity index (χ2v) is 5.51. The Balaban J connectivity index is 1.62. The third-order valence-corrected chi connectivity index (χ3v) is 4.04. The van der Waals surface area contributed by atoms with Crippen molar-refractivity contribution >= 4 is 11.9 Å². The van der Waals surface area contributed by atoms with Crippen LogP contribution in [0.2, 0.25) is 0 Å². The predicted molar refractivity (Wildman–Crippen MR) is 69.7 cm³/mol. The van der Waals surface area contributed by atoms with Crippen LogP contribution in [-0.4, -0.2) is 53.6 Å². The van der Waals surface area contributed by atoms with Gasteiger partial charge in [-0.15, -0.1) is 13.2 Å². The molecule has 1 amide bonds. The molecule has 2 atom stereocenters. The predicted octanol–water partition coefficient (Wildman–Crippen LogP) is 2.03. The van der Waals surface area contributed by atoms with Gasteiger partial charge in [-0.3, -0.25) is 0 Å². The Hall–Kier alpha value is -2.19. The molecule has 22 heavy (non-hydrogen) atoms. The van der Waals surface area contributed by atoms with E-state index in [1.165, 1.54) is 17.0 Å². The lowest BCUT2D eigenvalue weighted by atomic mass is 10.0. The normalized spacial score (nSPS) is 24.5. The average Bonchev–Trinajstić information content (AvgIpc) is 2.95. The molecule has 0 spiro atoms. The standard InChI is InChI=1S/C13H14F3N3O3/c14-13(15,16)22-10-1-2-11(17-3-10)18-4-8-6-19(12(20)21)7-9(8)5-18/h1-3,8-9H,4-7H2,(H,20,21)/t8-,9-/m1/s1. The smallest absolute Gasteiger partial charge is 0.465 e. The van der Waals surface area contributed by atoms with E-state index in [1.54, 1.807) is 0 Å². The molecule has 9 heteroatoms. The van der Waals surface area contributed by atoms with E-state index in [-0.39, 0.29) is 17.6 Å². The Bertz CT molecular complexity index is 550. The molecule has 1 N–H and O–H groups in total. The molecule has 6 nitrogen and oxygen atoms in total. The number of pyridine rings is 1. The molecule has 120 valence electrons. The van der Waals surface area contributed by atoms with Gasteiger partial charge in [0, 0.05) is 38.0 Å². The number of rotatable bonds is 2. The summed E-state index contributed by atoms with van der Waals surface area (Å²) in [5, 5.41) is 8.97. The maximum Gasteiger partial charge on any atom is 0.573 e. The summed E-state index contributed by atoms with van der Waals surface area (Å²) in [6.45, 7) is 2.29. The molecule has 0 radical (unpaired) electrons. The first-order valence-electron chi connectivity index (χ1n) is 6.76. The Labute approximate surface area is 124 Å². The number of hydrogen-bond acceptors (Lipinski definition) is 4. The lowest BCUT2D eigenvalue weighted by Crippen LogP contribution is -2.32. The molecule has 2 saturated heterocycles. The summed E-state index contributed by atoms with van der Waals surface area (Å²) in [4.78, 5) is 18.3. The van der Waals surface area contributed by atoms with Crippen molar-refractivity contribution in [2.75, 3.05) is 31.1 Å². The Morgan fingerprint density at radius 3 is 2.32 bits per heavy atom. The summed E-state index contributed by atoms with van der Waals surface area (Å²) in [7, 11) is 0. The topological polar surface area (TPSA) is 65.9 Å². The van der Waals surface area contributed by atoms with Crippen molar-refractivity contribution in [1.29, 1.82) is 0 Å². The number of fused-ring (bicyclic) bond motifs is 1. The monoisotopic (exact) mass is 317 g/mol. The molecule has 0 aromatic carbocycles. The van der Waals surface area contributed by atoms with Crippen LogP contribution in [0, 0.1) is 11.8 Å². The highest BCUT2D eigenvalue weighted by molar-refractivity contribution is 5.65.